The lowest BCUT2D eigenvalue weighted by molar-refractivity contribution is 0.102. The van der Waals surface area contributed by atoms with Crippen molar-refractivity contribution in [2.75, 3.05) is 12.4 Å². The number of phenols is 1. The summed E-state index contributed by atoms with van der Waals surface area (Å²) in [5, 5.41) is 12.1. The molecule has 0 aliphatic rings. The highest BCUT2D eigenvalue weighted by Crippen LogP contribution is 2.22. The van der Waals surface area contributed by atoms with Gasteiger partial charge in [0.1, 0.15) is 11.5 Å². The topological polar surface area (TPSA) is 58.6 Å². The third-order valence-corrected chi connectivity index (χ3v) is 2.70. The molecule has 2 aromatic carbocycles. The quantitative estimate of drug-likeness (QED) is 0.888. The van der Waals surface area contributed by atoms with E-state index in [4.69, 9.17) is 4.74 Å². The van der Waals surface area contributed by atoms with Gasteiger partial charge in [-0.25, -0.2) is 0 Å². The Balaban J connectivity index is 2.27. The van der Waals surface area contributed by atoms with E-state index in [1.165, 1.54) is 13.2 Å². The van der Waals surface area contributed by atoms with Crippen LogP contribution in [0.4, 0.5) is 5.69 Å². The molecule has 19 heavy (non-hydrogen) atoms. The van der Waals surface area contributed by atoms with E-state index in [9.17, 15) is 9.90 Å². The lowest BCUT2D eigenvalue weighted by Gasteiger charge is -2.10. The Hall–Kier alpha value is -2.49. The summed E-state index contributed by atoms with van der Waals surface area (Å²) in [6.45, 7) is 1.91. The second kappa shape index (κ2) is 5.44. The SMILES string of the molecule is COc1ccc(C)cc1C(=O)Nc1cccc(O)c1. The van der Waals surface area contributed by atoms with Crippen molar-refractivity contribution in [3.8, 4) is 11.5 Å². The Labute approximate surface area is 111 Å². The van der Waals surface area contributed by atoms with Crippen molar-refractivity contribution in [3.63, 3.8) is 0 Å². The molecule has 4 nitrogen and oxygen atoms in total. The molecule has 98 valence electrons. The third kappa shape index (κ3) is 3.04. The zero-order valence-corrected chi connectivity index (χ0v) is 10.8. The number of nitrogens with one attached hydrogen (secondary N) is 1. The highest BCUT2D eigenvalue weighted by atomic mass is 16.5. The number of anilines is 1. The van der Waals surface area contributed by atoms with Gasteiger partial charge < -0.3 is 15.2 Å². The molecular formula is C15H15NO3. The van der Waals surface area contributed by atoms with Gasteiger partial charge in [-0.2, -0.15) is 0 Å². The van der Waals surface area contributed by atoms with E-state index in [-0.39, 0.29) is 11.7 Å². The van der Waals surface area contributed by atoms with Crippen molar-refractivity contribution in [3.05, 3.63) is 53.6 Å². The maximum absolute atomic E-state index is 12.2. The zero-order chi connectivity index (χ0) is 13.8. The first-order chi connectivity index (χ1) is 9.10. The van der Waals surface area contributed by atoms with Gasteiger partial charge in [0.2, 0.25) is 0 Å². The van der Waals surface area contributed by atoms with Crippen molar-refractivity contribution < 1.29 is 14.6 Å². The minimum Gasteiger partial charge on any atom is -0.508 e. The van der Waals surface area contributed by atoms with Gasteiger partial charge in [0, 0.05) is 11.8 Å². The van der Waals surface area contributed by atoms with Crippen LogP contribution in [0, 0.1) is 6.92 Å². The van der Waals surface area contributed by atoms with E-state index in [0.29, 0.717) is 17.0 Å². The summed E-state index contributed by atoms with van der Waals surface area (Å²) in [4.78, 5) is 12.2. The second-order valence-corrected chi connectivity index (χ2v) is 4.21. The average Bonchev–Trinajstić information content (AvgIpc) is 2.38. The van der Waals surface area contributed by atoms with Gasteiger partial charge in [0.05, 0.1) is 12.7 Å². The number of methoxy groups -OCH3 is 1. The molecule has 0 saturated heterocycles. The van der Waals surface area contributed by atoms with Crippen LogP contribution in [0.3, 0.4) is 0 Å². The van der Waals surface area contributed by atoms with Crippen molar-refractivity contribution in [1.82, 2.24) is 0 Å². The van der Waals surface area contributed by atoms with Crippen molar-refractivity contribution >= 4 is 11.6 Å². The number of benzene rings is 2. The summed E-state index contributed by atoms with van der Waals surface area (Å²) in [6, 6.07) is 11.8. The Morgan fingerprint density at radius 3 is 2.68 bits per heavy atom. The Morgan fingerprint density at radius 1 is 1.21 bits per heavy atom. The second-order valence-electron chi connectivity index (χ2n) is 4.21. The van der Waals surface area contributed by atoms with Gasteiger partial charge in [-0.1, -0.05) is 17.7 Å². The fraction of sp³-hybridized carbons (Fsp3) is 0.133. The number of phenolic OH excluding ortho intramolecular Hbond substituents is 1. The molecule has 0 saturated carbocycles. The predicted octanol–water partition coefficient (Wildman–Crippen LogP) is 2.96. The van der Waals surface area contributed by atoms with E-state index < -0.39 is 0 Å². The van der Waals surface area contributed by atoms with Crippen LogP contribution >= 0.6 is 0 Å². The van der Waals surface area contributed by atoms with Gasteiger partial charge in [-0.15, -0.1) is 0 Å². The number of rotatable bonds is 3. The van der Waals surface area contributed by atoms with Crippen LogP contribution < -0.4 is 10.1 Å². The van der Waals surface area contributed by atoms with Crippen LogP contribution in [0.5, 0.6) is 11.5 Å². The lowest BCUT2D eigenvalue weighted by atomic mass is 10.1. The molecule has 0 radical (unpaired) electrons. The molecule has 2 rings (SSSR count). The number of hydrogen-bond acceptors (Lipinski definition) is 3. The van der Waals surface area contributed by atoms with Crippen molar-refractivity contribution in [1.29, 1.82) is 0 Å². The maximum Gasteiger partial charge on any atom is 0.259 e. The van der Waals surface area contributed by atoms with Gasteiger partial charge in [-0.05, 0) is 31.2 Å². The van der Waals surface area contributed by atoms with E-state index in [2.05, 4.69) is 5.32 Å². The number of amides is 1. The Bertz CT molecular complexity index is 608. The first-order valence-electron chi connectivity index (χ1n) is 5.85. The van der Waals surface area contributed by atoms with Crippen LogP contribution in [0.25, 0.3) is 0 Å². The highest BCUT2D eigenvalue weighted by molar-refractivity contribution is 6.06. The number of aryl methyl sites for hydroxylation is 1. The molecule has 2 aromatic rings. The van der Waals surface area contributed by atoms with E-state index >= 15 is 0 Å². The summed E-state index contributed by atoms with van der Waals surface area (Å²) < 4.78 is 5.17. The standard InChI is InChI=1S/C15H15NO3/c1-10-6-7-14(19-2)13(8-10)15(18)16-11-4-3-5-12(17)9-11/h3-9,17H,1-2H3,(H,16,18). The normalized spacial score (nSPS) is 10.0. The largest absolute Gasteiger partial charge is 0.508 e. The van der Waals surface area contributed by atoms with Gasteiger partial charge in [0.15, 0.2) is 0 Å². The minimum absolute atomic E-state index is 0.106. The lowest BCUT2D eigenvalue weighted by Crippen LogP contribution is -2.13. The monoisotopic (exact) mass is 257 g/mol. The van der Waals surface area contributed by atoms with Crippen LogP contribution in [0.1, 0.15) is 15.9 Å². The van der Waals surface area contributed by atoms with Crippen LogP contribution in [-0.2, 0) is 0 Å². The van der Waals surface area contributed by atoms with Crippen LogP contribution in [-0.4, -0.2) is 18.1 Å². The molecule has 0 bridgehead atoms. The summed E-state index contributed by atoms with van der Waals surface area (Å²) >= 11 is 0. The van der Waals surface area contributed by atoms with Gasteiger partial charge in [-0.3, -0.25) is 4.79 Å². The van der Waals surface area contributed by atoms with Crippen molar-refractivity contribution in [2.45, 2.75) is 6.92 Å². The van der Waals surface area contributed by atoms with Gasteiger partial charge in [0.25, 0.3) is 5.91 Å². The molecule has 4 heteroatoms. The van der Waals surface area contributed by atoms with E-state index in [1.807, 2.05) is 13.0 Å². The van der Waals surface area contributed by atoms with E-state index in [1.54, 1.807) is 30.3 Å². The molecule has 0 aromatic heterocycles. The fourth-order valence-corrected chi connectivity index (χ4v) is 1.78. The summed E-state index contributed by atoms with van der Waals surface area (Å²) in [5.74, 6) is 0.350. The molecule has 0 aliphatic heterocycles. The predicted molar refractivity (Wildman–Crippen MR) is 73.8 cm³/mol. The smallest absolute Gasteiger partial charge is 0.259 e. The third-order valence-electron chi connectivity index (χ3n) is 2.70. The Kier molecular flexibility index (Phi) is 3.71. The molecule has 0 unspecified atom stereocenters. The average molecular weight is 257 g/mol. The number of aromatic hydroxyl groups is 1. The molecule has 0 aliphatic carbocycles. The molecule has 2 N–H and O–H groups in total. The zero-order valence-electron chi connectivity index (χ0n) is 10.8. The fourth-order valence-electron chi connectivity index (χ4n) is 1.78. The van der Waals surface area contributed by atoms with Crippen LogP contribution in [0.2, 0.25) is 0 Å². The van der Waals surface area contributed by atoms with Crippen LogP contribution in [0.15, 0.2) is 42.5 Å². The first-order valence-corrected chi connectivity index (χ1v) is 5.85. The molecular weight excluding hydrogens is 242 g/mol. The number of hydrogen-bond donors (Lipinski definition) is 2. The molecule has 0 spiro atoms. The summed E-state index contributed by atoms with van der Waals surface area (Å²) in [7, 11) is 1.52. The summed E-state index contributed by atoms with van der Waals surface area (Å²) in [6.07, 6.45) is 0. The maximum atomic E-state index is 12.2. The Morgan fingerprint density at radius 2 is 2.00 bits per heavy atom. The van der Waals surface area contributed by atoms with Gasteiger partial charge >= 0.3 is 0 Å². The number of carbonyl (C=O) groups is 1. The molecule has 0 fully saturated rings. The highest BCUT2D eigenvalue weighted by Gasteiger charge is 2.12. The first kappa shape index (κ1) is 13.0. The minimum atomic E-state index is -0.272. The van der Waals surface area contributed by atoms with Crippen molar-refractivity contribution in [2.24, 2.45) is 0 Å². The number of carbonyl (C=O) groups excluding carboxylic acids is 1. The molecule has 0 atom stereocenters. The molecule has 1 amide bonds. The molecule has 0 heterocycles. The van der Waals surface area contributed by atoms with E-state index in [0.717, 1.165) is 5.56 Å². The number of ether oxygens (including phenoxy) is 1. The summed E-state index contributed by atoms with van der Waals surface area (Å²) in [5.41, 5.74) is 1.97.